The van der Waals surface area contributed by atoms with Gasteiger partial charge in [-0.25, -0.2) is 13.4 Å². The van der Waals surface area contributed by atoms with Crippen LogP contribution in [0.15, 0.2) is 47.9 Å². The lowest BCUT2D eigenvalue weighted by Crippen LogP contribution is -2.38. The number of hydrogen-bond acceptors (Lipinski definition) is 5. The summed E-state index contributed by atoms with van der Waals surface area (Å²) in [4.78, 5) is 4.07. The highest BCUT2D eigenvalue weighted by atomic mass is 32.2. The highest BCUT2D eigenvalue weighted by molar-refractivity contribution is 7.89. The van der Waals surface area contributed by atoms with E-state index in [1.807, 2.05) is 18.2 Å². The normalized spacial score (nSPS) is 21.5. The minimum atomic E-state index is -3.61. The molecule has 0 bridgehead atoms. The van der Waals surface area contributed by atoms with Gasteiger partial charge in [-0.1, -0.05) is 43.7 Å². The Morgan fingerprint density at radius 3 is 2.62 bits per heavy atom. The number of methoxy groups -OCH3 is 1. The monoisotopic (exact) mass is 420 g/mol. The summed E-state index contributed by atoms with van der Waals surface area (Å²) in [5.41, 5.74) is 1.15. The van der Waals surface area contributed by atoms with E-state index >= 15 is 0 Å². The molecule has 29 heavy (non-hydrogen) atoms. The van der Waals surface area contributed by atoms with E-state index in [9.17, 15) is 8.42 Å². The molecule has 2 aromatic rings. The van der Waals surface area contributed by atoms with Gasteiger partial charge in [0.2, 0.25) is 0 Å². The van der Waals surface area contributed by atoms with Gasteiger partial charge in [-0.15, -0.1) is 0 Å². The zero-order valence-corrected chi connectivity index (χ0v) is 18.3. The molecule has 1 aliphatic rings. The largest absolute Gasteiger partial charge is 0.381 e. The maximum atomic E-state index is 13.1. The Bertz CT molecular complexity index is 869. The number of rotatable bonds is 10. The van der Waals surface area contributed by atoms with E-state index in [4.69, 9.17) is 4.74 Å². The second-order valence-corrected chi connectivity index (χ2v) is 9.60. The molecule has 8 heteroatoms. The molecule has 3 rings (SSSR count). The number of aryl methyl sites for hydroxylation is 1. The van der Waals surface area contributed by atoms with Gasteiger partial charge in [0.1, 0.15) is 0 Å². The molecule has 1 N–H and O–H groups in total. The second-order valence-electron chi connectivity index (χ2n) is 7.71. The van der Waals surface area contributed by atoms with Crippen molar-refractivity contribution in [2.45, 2.75) is 49.3 Å². The summed E-state index contributed by atoms with van der Waals surface area (Å²) in [5, 5.41) is 3.71. The third-order valence-electron chi connectivity index (χ3n) is 5.62. The lowest BCUT2D eigenvalue weighted by Gasteiger charge is -2.22. The number of benzene rings is 1. The Balaban J connectivity index is 1.74. The number of hydrogen-bond donors (Lipinski definition) is 1. The number of nitrogens with one attached hydrogen (secondary N) is 1. The van der Waals surface area contributed by atoms with Gasteiger partial charge >= 0.3 is 0 Å². The molecule has 1 aliphatic heterocycles. The van der Waals surface area contributed by atoms with E-state index in [0.29, 0.717) is 13.1 Å². The molecular weight excluding hydrogens is 388 g/mol. The van der Waals surface area contributed by atoms with Gasteiger partial charge in [-0.3, -0.25) is 0 Å². The Morgan fingerprint density at radius 2 is 2.00 bits per heavy atom. The van der Waals surface area contributed by atoms with E-state index in [1.54, 1.807) is 29.2 Å². The molecule has 3 atom stereocenters. The van der Waals surface area contributed by atoms with Crippen LogP contribution in [0.2, 0.25) is 0 Å². The molecule has 0 saturated carbocycles. The molecule has 1 saturated heterocycles. The van der Waals surface area contributed by atoms with Crippen LogP contribution < -0.4 is 5.32 Å². The average Bonchev–Trinajstić information content (AvgIpc) is 3.35. The quantitative estimate of drug-likeness (QED) is 0.639. The zero-order chi connectivity index (χ0) is 20.9. The summed E-state index contributed by atoms with van der Waals surface area (Å²) in [6.45, 7) is 3.83. The smallest absolute Gasteiger partial charge is 0.262 e. The first kappa shape index (κ1) is 22.0. The van der Waals surface area contributed by atoms with Crippen molar-refractivity contribution in [1.82, 2.24) is 19.2 Å². The fourth-order valence-corrected chi connectivity index (χ4v) is 5.45. The van der Waals surface area contributed by atoms with E-state index < -0.39 is 10.0 Å². The molecule has 0 aliphatic carbocycles. The van der Waals surface area contributed by atoms with E-state index in [2.05, 4.69) is 29.4 Å². The van der Waals surface area contributed by atoms with Crippen LogP contribution in [0.25, 0.3) is 0 Å². The first-order valence-corrected chi connectivity index (χ1v) is 11.7. The summed E-state index contributed by atoms with van der Waals surface area (Å²) in [7, 11) is -0.0824. The van der Waals surface area contributed by atoms with Crippen molar-refractivity contribution >= 4 is 10.0 Å². The van der Waals surface area contributed by atoms with Crippen LogP contribution in [0.3, 0.4) is 0 Å². The summed E-state index contributed by atoms with van der Waals surface area (Å²) in [5.74, 6) is 0.0989. The SMILES string of the molecule is CCC[C@@H](CCNC1CN(S(=O)(=O)c2cn(C)cn2)CC1c1ccccc1)OC. The topological polar surface area (TPSA) is 76.5 Å². The number of sulfonamides is 1. The molecule has 0 radical (unpaired) electrons. The Hall–Kier alpha value is -1.74. The average molecular weight is 421 g/mol. The number of imidazole rings is 1. The third kappa shape index (κ3) is 5.25. The van der Waals surface area contributed by atoms with Crippen molar-refractivity contribution in [2.75, 3.05) is 26.7 Å². The van der Waals surface area contributed by atoms with Crippen LogP contribution in [-0.4, -0.2) is 61.2 Å². The predicted molar refractivity (Wildman–Crippen MR) is 113 cm³/mol. The fraction of sp³-hybridized carbons (Fsp3) is 0.571. The van der Waals surface area contributed by atoms with Crippen molar-refractivity contribution in [3.63, 3.8) is 0 Å². The summed E-state index contributed by atoms with van der Waals surface area (Å²) in [6.07, 6.45) is 6.34. The number of nitrogens with zero attached hydrogens (tertiary/aromatic N) is 3. The van der Waals surface area contributed by atoms with Gasteiger partial charge < -0.3 is 14.6 Å². The van der Waals surface area contributed by atoms with Gasteiger partial charge in [0.15, 0.2) is 5.03 Å². The van der Waals surface area contributed by atoms with Gasteiger partial charge in [0.25, 0.3) is 10.0 Å². The first-order chi connectivity index (χ1) is 14.0. The highest BCUT2D eigenvalue weighted by Crippen LogP contribution is 2.31. The molecule has 0 amide bonds. The maximum absolute atomic E-state index is 13.1. The molecule has 1 fully saturated rings. The number of aromatic nitrogens is 2. The van der Waals surface area contributed by atoms with Crippen molar-refractivity contribution < 1.29 is 13.2 Å². The Labute approximate surface area is 174 Å². The predicted octanol–water partition coefficient (Wildman–Crippen LogP) is 2.37. The molecule has 160 valence electrons. The highest BCUT2D eigenvalue weighted by Gasteiger charge is 2.40. The maximum Gasteiger partial charge on any atom is 0.262 e. The molecule has 7 nitrogen and oxygen atoms in total. The lowest BCUT2D eigenvalue weighted by atomic mass is 9.94. The van der Waals surface area contributed by atoms with Crippen LogP contribution in [0.5, 0.6) is 0 Å². The summed E-state index contributed by atoms with van der Waals surface area (Å²) in [6, 6.07) is 10.2. The fourth-order valence-electron chi connectivity index (χ4n) is 3.99. The van der Waals surface area contributed by atoms with Crippen LogP contribution in [0.4, 0.5) is 0 Å². The Morgan fingerprint density at radius 1 is 1.24 bits per heavy atom. The van der Waals surface area contributed by atoms with E-state index in [1.165, 1.54) is 6.33 Å². The molecule has 1 aromatic carbocycles. The van der Waals surface area contributed by atoms with Gasteiger partial charge in [-0.05, 0) is 24.9 Å². The second kappa shape index (κ2) is 9.84. The molecular formula is C21H32N4O3S. The minimum Gasteiger partial charge on any atom is -0.381 e. The van der Waals surface area contributed by atoms with Crippen molar-refractivity contribution in [1.29, 1.82) is 0 Å². The van der Waals surface area contributed by atoms with Crippen molar-refractivity contribution in [3.05, 3.63) is 48.4 Å². The molecule has 2 unspecified atom stereocenters. The van der Waals surface area contributed by atoms with Crippen molar-refractivity contribution in [3.8, 4) is 0 Å². The Kier molecular flexibility index (Phi) is 7.45. The van der Waals surface area contributed by atoms with E-state index in [0.717, 1.165) is 31.4 Å². The molecule has 0 spiro atoms. The van der Waals surface area contributed by atoms with Crippen LogP contribution in [0.1, 0.15) is 37.7 Å². The van der Waals surface area contributed by atoms with Crippen LogP contribution in [0, 0.1) is 0 Å². The standard InChI is InChI=1S/C21H32N4O3S/c1-4-8-18(28-3)11-12-22-20-14-25(13-19(20)17-9-6-5-7-10-17)29(26,27)21-15-24(2)16-23-21/h5-7,9-10,15-16,18-20,22H,4,8,11-14H2,1-3H3/t18-,19?,20?/m0/s1. The summed E-state index contributed by atoms with van der Waals surface area (Å²) >= 11 is 0. The van der Waals surface area contributed by atoms with Crippen LogP contribution >= 0.6 is 0 Å². The molecule has 2 heterocycles. The van der Waals surface area contributed by atoms with Crippen LogP contribution in [-0.2, 0) is 21.8 Å². The van der Waals surface area contributed by atoms with Gasteiger partial charge in [-0.2, -0.15) is 4.31 Å². The third-order valence-corrected chi connectivity index (χ3v) is 7.33. The van der Waals surface area contributed by atoms with Crippen molar-refractivity contribution in [2.24, 2.45) is 7.05 Å². The first-order valence-electron chi connectivity index (χ1n) is 10.2. The number of ether oxygens (including phenoxy) is 1. The lowest BCUT2D eigenvalue weighted by molar-refractivity contribution is 0.0867. The summed E-state index contributed by atoms with van der Waals surface area (Å²) < 4.78 is 34.9. The van der Waals surface area contributed by atoms with E-state index in [-0.39, 0.29) is 23.1 Å². The minimum absolute atomic E-state index is 0.0509. The van der Waals surface area contributed by atoms with Gasteiger partial charge in [0, 0.05) is 45.4 Å². The van der Waals surface area contributed by atoms with Gasteiger partial charge in [0.05, 0.1) is 12.4 Å². The zero-order valence-electron chi connectivity index (χ0n) is 17.5. The molecule has 1 aromatic heterocycles.